The number of thiol groups is 1. The number of hydrogen-bond donors (Lipinski definition) is 1. The SMILES string of the molecule is Sc1ccccc1-c1ccccc1.[KH]. The van der Waals surface area contributed by atoms with Crippen LogP contribution < -0.4 is 0 Å². The standard InChI is InChI=1S/C12H10S.K.H/c13-12-9-5-4-8-11(12)10-6-2-1-3-7-10;;/h1-9,13H;;. The Morgan fingerprint density at radius 3 is 1.93 bits per heavy atom. The van der Waals surface area contributed by atoms with E-state index in [0.29, 0.717) is 0 Å². The van der Waals surface area contributed by atoms with Crippen molar-refractivity contribution >= 4 is 64.0 Å². The molecular weight excluding hydrogens is 215 g/mol. The third-order valence-corrected chi connectivity index (χ3v) is 2.38. The Kier molecular flexibility index (Phi) is 5.45. The second-order valence-electron chi connectivity index (χ2n) is 2.88. The van der Waals surface area contributed by atoms with Crippen molar-refractivity contribution in [2.75, 3.05) is 0 Å². The molecule has 0 aliphatic heterocycles. The molecular formula is C12H11KS. The van der Waals surface area contributed by atoms with Gasteiger partial charge < -0.3 is 0 Å². The maximum absolute atomic E-state index is 4.41. The molecule has 0 aromatic heterocycles. The van der Waals surface area contributed by atoms with E-state index in [2.05, 4.69) is 30.8 Å². The van der Waals surface area contributed by atoms with Crippen LogP contribution in [0.2, 0.25) is 0 Å². The van der Waals surface area contributed by atoms with Crippen LogP contribution in [0.25, 0.3) is 11.1 Å². The molecule has 66 valence electrons. The Balaban J connectivity index is 0.000000980. The van der Waals surface area contributed by atoms with Crippen molar-refractivity contribution in [2.45, 2.75) is 4.90 Å². The summed E-state index contributed by atoms with van der Waals surface area (Å²) < 4.78 is 0. The predicted octanol–water partition coefficient (Wildman–Crippen LogP) is 2.99. The zero-order valence-electron chi connectivity index (χ0n) is 7.14. The van der Waals surface area contributed by atoms with Crippen LogP contribution in [0.3, 0.4) is 0 Å². The van der Waals surface area contributed by atoms with E-state index >= 15 is 0 Å². The Morgan fingerprint density at radius 1 is 0.714 bits per heavy atom. The normalized spacial score (nSPS) is 9.21. The summed E-state index contributed by atoms with van der Waals surface area (Å²) in [6.07, 6.45) is 0. The fourth-order valence-electron chi connectivity index (χ4n) is 1.34. The molecule has 0 bridgehead atoms. The first-order valence-electron chi connectivity index (χ1n) is 4.21. The fourth-order valence-corrected chi connectivity index (χ4v) is 1.63. The molecule has 2 rings (SSSR count). The maximum atomic E-state index is 4.41. The zero-order chi connectivity index (χ0) is 9.10. The van der Waals surface area contributed by atoms with Crippen LogP contribution in [-0.2, 0) is 0 Å². The molecule has 0 saturated heterocycles. The Bertz CT molecular complexity index is 398. The van der Waals surface area contributed by atoms with Crippen LogP contribution in [-0.4, -0.2) is 51.4 Å². The van der Waals surface area contributed by atoms with Gasteiger partial charge >= 0.3 is 51.4 Å². The minimum atomic E-state index is 0. The minimum absolute atomic E-state index is 0. The topological polar surface area (TPSA) is 0 Å². The first-order chi connectivity index (χ1) is 6.38. The van der Waals surface area contributed by atoms with Crippen molar-refractivity contribution in [2.24, 2.45) is 0 Å². The number of benzene rings is 2. The average molecular weight is 226 g/mol. The van der Waals surface area contributed by atoms with Crippen LogP contribution in [0, 0.1) is 0 Å². The molecule has 14 heavy (non-hydrogen) atoms. The Hall–Kier alpha value is 0.426. The third kappa shape index (κ3) is 2.96. The number of rotatable bonds is 1. The molecule has 0 aliphatic carbocycles. The molecule has 2 heteroatoms. The van der Waals surface area contributed by atoms with Gasteiger partial charge in [0.05, 0.1) is 0 Å². The molecule has 0 fully saturated rings. The summed E-state index contributed by atoms with van der Waals surface area (Å²) >= 11 is 4.41. The van der Waals surface area contributed by atoms with E-state index < -0.39 is 0 Å². The van der Waals surface area contributed by atoms with Gasteiger partial charge in [0.2, 0.25) is 0 Å². The van der Waals surface area contributed by atoms with Crippen LogP contribution >= 0.6 is 12.6 Å². The molecule has 0 aliphatic rings. The van der Waals surface area contributed by atoms with Gasteiger partial charge in [0.15, 0.2) is 0 Å². The summed E-state index contributed by atoms with van der Waals surface area (Å²) in [6, 6.07) is 18.4. The van der Waals surface area contributed by atoms with Crippen LogP contribution in [0.5, 0.6) is 0 Å². The molecule has 0 unspecified atom stereocenters. The van der Waals surface area contributed by atoms with Crippen molar-refractivity contribution in [1.82, 2.24) is 0 Å². The fraction of sp³-hybridized carbons (Fsp3) is 0. The van der Waals surface area contributed by atoms with Gasteiger partial charge in [-0.3, -0.25) is 0 Å². The molecule has 0 N–H and O–H groups in total. The summed E-state index contributed by atoms with van der Waals surface area (Å²) in [4.78, 5) is 1.02. The monoisotopic (exact) mass is 226 g/mol. The molecule has 0 amide bonds. The van der Waals surface area contributed by atoms with Crippen molar-refractivity contribution in [3.8, 4) is 11.1 Å². The second-order valence-corrected chi connectivity index (χ2v) is 3.36. The van der Waals surface area contributed by atoms with Crippen molar-refractivity contribution in [1.29, 1.82) is 0 Å². The van der Waals surface area contributed by atoms with Crippen molar-refractivity contribution in [3.05, 3.63) is 54.6 Å². The number of hydrogen-bond acceptors (Lipinski definition) is 1. The summed E-state index contributed by atoms with van der Waals surface area (Å²) in [6.45, 7) is 0. The quantitative estimate of drug-likeness (QED) is 0.561. The molecule has 2 aromatic rings. The van der Waals surface area contributed by atoms with Gasteiger partial charge in [0.1, 0.15) is 0 Å². The molecule has 0 radical (unpaired) electrons. The average Bonchev–Trinajstić information content (AvgIpc) is 2.20. The van der Waals surface area contributed by atoms with Crippen LogP contribution in [0.1, 0.15) is 0 Å². The van der Waals surface area contributed by atoms with Crippen molar-refractivity contribution in [3.63, 3.8) is 0 Å². The van der Waals surface area contributed by atoms with Gasteiger partial charge in [-0.25, -0.2) is 0 Å². The molecule has 2 aromatic carbocycles. The van der Waals surface area contributed by atoms with E-state index in [1.807, 2.05) is 36.4 Å². The van der Waals surface area contributed by atoms with E-state index in [0.717, 1.165) is 4.90 Å². The van der Waals surface area contributed by atoms with Gasteiger partial charge in [0.25, 0.3) is 0 Å². The van der Waals surface area contributed by atoms with E-state index in [1.54, 1.807) is 0 Å². The second kappa shape index (κ2) is 6.11. The molecule has 0 saturated carbocycles. The van der Waals surface area contributed by atoms with E-state index in [1.165, 1.54) is 11.1 Å². The van der Waals surface area contributed by atoms with Crippen LogP contribution in [0.4, 0.5) is 0 Å². The molecule has 0 spiro atoms. The summed E-state index contributed by atoms with van der Waals surface area (Å²) in [5.41, 5.74) is 2.40. The van der Waals surface area contributed by atoms with Gasteiger partial charge in [-0.1, -0.05) is 48.5 Å². The summed E-state index contributed by atoms with van der Waals surface area (Å²) in [5.74, 6) is 0. The third-order valence-electron chi connectivity index (χ3n) is 1.99. The summed E-state index contributed by atoms with van der Waals surface area (Å²) in [7, 11) is 0. The summed E-state index contributed by atoms with van der Waals surface area (Å²) in [5, 5.41) is 0. The molecule has 0 heterocycles. The first-order valence-corrected chi connectivity index (χ1v) is 4.66. The molecule has 0 atom stereocenters. The Morgan fingerprint density at radius 2 is 1.29 bits per heavy atom. The van der Waals surface area contributed by atoms with Crippen molar-refractivity contribution < 1.29 is 0 Å². The van der Waals surface area contributed by atoms with Gasteiger partial charge in [0, 0.05) is 4.90 Å². The van der Waals surface area contributed by atoms with Gasteiger partial charge in [-0.2, -0.15) is 0 Å². The van der Waals surface area contributed by atoms with Gasteiger partial charge in [-0.15, -0.1) is 12.6 Å². The first kappa shape index (κ1) is 12.5. The predicted molar refractivity (Wildman–Crippen MR) is 66.3 cm³/mol. The van der Waals surface area contributed by atoms with E-state index in [9.17, 15) is 0 Å². The van der Waals surface area contributed by atoms with E-state index in [4.69, 9.17) is 0 Å². The van der Waals surface area contributed by atoms with Gasteiger partial charge in [-0.05, 0) is 17.2 Å². The zero-order valence-corrected chi connectivity index (χ0v) is 8.04. The van der Waals surface area contributed by atoms with E-state index in [-0.39, 0.29) is 51.4 Å². The van der Waals surface area contributed by atoms with Crippen LogP contribution in [0.15, 0.2) is 59.5 Å². The Labute approximate surface area is 133 Å². The molecule has 0 nitrogen and oxygen atoms in total.